The molecule has 1 aliphatic carbocycles. The molecule has 2 aromatic rings. The van der Waals surface area contributed by atoms with Gasteiger partial charge in [-0.1, -0.05) is 0 Å². The van der Waals surface area contributed by atoms with Crippen molar-refractivity contribution in [2.45, 2.75) is 44.4 Å². The first-order valence-corrected chi connectivity index (χ1v) is 6.51. The predicted molar refractivity (Wildman–Crippen MR) is 70.0 cm³/mol. The molecule has 6 nitrogen and oxygen atoms in total. The summed E-state index contributed by atoms with van der Waals surface area (Å²) in [6, 6.07) is 1.32. The van der Waals surface area contributed by atoms with Gasteiger partial charge in [0, 0.05) is 5.69 Å². The molecule has 1 fully saturated rings. The molecule has 0 aliphatic heterocycles. The first-order valence-electron chi connectivity index (χ1n) is 6.51. The highest BCUT2D eigenvalue weighted by Crippen LogP contribution is 2.32. The van der Waals surface area contributed by atoms with Crippen LogP contribution in [0.3, 0.4) is 0 Å². The number of hydrogen-bond acceptors (Lipinski definition) is 4. The number of nitrogens with one attached hydrogen (secondary N) is 1. The van der Waals surface area contributed by atoms with E-state index in [1.165, 1.54) is 6.33 Å². The first-order chi connectivity index (χ1) is 9.09. The van der Waals surface area contributed by atoms with E-state index >= 15 is 0 Å². The second-order valence-electron chi connectivity index (χ2n) is 5.18. The molecule has 1 unspecified atom stereocenters. The van der Waals surface area contributed by atoms with Crippen LogP contribution in [0.1, 0.15) is 31.0 Å². The van der Waals surface area contributed by atoms with Crippen LogP contribution >= 0.6 is 0 Å². The van der Waals surface area contributed by atoms with Crippen LogP contribution in [0.25, 0.3) is 11.0 Å². The van der Waals surface area contributed by atoms with Gasteiger partial charge in [0.25, 0.3) is 5.56 Å². The fourth-order valence-electron chi connectivity index (χ4n) is 3.02. The average Bonchev–Trinajstić information content (AvgIpc) is 2.68. The Bertz CT molecular complexity index is 651. The van der Waals surface area contributed by atoms with E-state index in [1.54, 1.807) is 10.6 Å². The summed E-state index contributed by atoms with van der Waals surface area (Å²) in [5, 5.41) is 20.8. The first kappa shape index (κ1) is 12.4. The molecule has 0 saturated heterocycles. The van der Waals surface area contributed by atoms with Crippen LogP contribution in [-0.2, 0) is 0 Å². The van der Waals surface area contributed by atoms with Gasteiger partial charge in [0.1, 0.15) is 5.65 Å². The summed E-state index contributed by atoms with van der Waals surface area (Å²) >= 11 is 0. The van der Waals surface area contributed by atoms with Crippen LogP contribution in [0.5, 0.6) is 0 Å². The van der Waals surface area contributed by atoms with Crippen LogP contribution in [0.15, 0.2) is 17.2 Å². The maximum atomic E-state index is 11.8. The molecular weight excluding hydrogens is 246 g/mol. The SMILES string of the molecule is Cc1cc2c(=O)[nH]cnc2n1C1[C@H](O)CCC[C@@H]1O. The number of aryl methyl sites for hydroxylation is 1. The summed E-state index contributed by atoms with van der Waals surface area (Å²) in [5.41, 5.74) is 1.14. The second-order valence-corrected chi connectivity index (χ2v) is 5.18. The van der Waals surface area contributed by atoms with E-state index in [1.807, 2.05) is 6.92 Å². The minimum absolute atomic E-state index is 0.202. The zero-order chi connectivity index (χ0) is 13.6. The Hall–Kier alpha value is -1.66. The Balaban J connectivity index is 2.21. The number of hydrogen-bond donors (Lipinski definition) is 3. The van der Waals surface area contributed by atoms with Crippen LogP contribution in [0.2, 0.25) is 0 Å². The Labute approximate surface area is 109 Å². The minimum Gasteiger partial charge on any atom is -0.391 e. The molecule has 2 aromatic heterocycles. The van der Waals surface area contributed by atoms with Gasteiger partial charge in [-0.15, -0.1) is 0 Å². The van der Waals surface area contributed by atoms with E-state index in [2.05, 4.69) is 9.97 Å². The van der Waals surface area contributed by atoms with Crippen LogP contribution in [0.4, 0.5) is 0 Å². The van der Waals surface area contributed by atoms with Gasteiger partial charge in [0.05, 0.1) is 30.0 Å². The Morgan fingerprint density at radius 2 is 2.05 bits per heavy atom. The van der Waals surface area contributed by atoms with Gasteiger partial charge in [0.2, 0.25) is 0 Å². The van der Waals surface area contributed by atoms with Crippen molar-refractivity contribution in [2.75, 3.05) is 0 Å². The number of H-pyrrole nitrogens is 1. The molecule has 19 heavy (non-hydrogen) atoms. The maximum absolute atomic E-state index is 11.8. The monoisotopic (exact) mass is 263 g/mol. The van der Waals surface area contributed by atoms with Gasteiger partial charge in [0.15, 0.2) is 0 Å². The maximum Gasteiger partial charge on any atom is 0.260 e. The van der Waals surface area contributed by atoms with Crippen molar-refractivity contribution in [3.8, 4) is 0 Å². The van der Waals surface area contributed by atoms with Gasteiger partial charge >= 0.3 is 0 Å². The van der Waals surface area contributed by atoms with Crippen LogP contribution < -0.4 is 5.56 Å². The Morgan fingerprint density at radius 1 is 1.37 bits per heavy atom. The number of aliphatic hydroxyl groups excluding tert-OH is 2. The normalized spacial score (nSPS) is 27.8. The van der Waals surface area contributed by atoms with E-state index in [-0.39, 0.29) is 5.56 Å². The van der Waals surface area contributed by atoms with Crippen molar-refractivity contribution in [2.24, 2.45) is 0 Å². The highest BCUT2D eigenvalue weighted by atomic mass is 16.3. The summed E-state index contributed by atoms with van der Waals surface area (Å²) < 4.78 is 1.79. The van der Waals surface area contributed by atoms with Gasteiger partial charge in [-0.05, 0) is 32.3 Å². The molecule has 0 amide bonds. The number of aromatic nitrogens is 3. The summed E-state index contributed by atoms with van der Waals surface area (Å²) in [4.78, 5) is 18.5. The van der Waals surface area contributed by atoms with Gasteiger partial charge in [-0.2, -0.15) is 0 Å². The van der Waals surface area contributed by atoms with E-state index < -0.39 is 18.2 Å². The fourth-order valence-corrected chi connectivity index (χ4v) is 3.02. The molecule has 102 valence electrons. The van der Waals surface area contributed by atoms with Gasteiger partial charge in [-0.3, -0.25) is 4.79 Å². The number of nitrogens with zero attached hydrogens (tertiary/aromatic N) is 2. The molecule has 0 radical (unpaired) electrons. The minimum atomic E-state index is -0.612. The predicted octanol–water partition coefficient (Wildman–Crippen LogP) is 0.480. The molecule has 3 atom stereocenters. The van der Waals surface area contributed by atoms with Gasteiger partial charge < -0.3 is 19.8 Å². The van der Waals surface area contributed by atoms with Crippen LogP contribution in [0, 0.1) is 6.92 Å². The Kier molecular flexibility index (Phi) is 2.91. The summed E-state index contributed by atoms with van der Waals surface area (Å²) in [7, 11) is 0. The van der Waals surface area contributed by atoms with E-state index in [0.29, 0.717) is 23.9 Å². The zero-order valence-electron chi connectivity index (χ0n) is 10.7. The topological polar surface area (TPSA) is 91.1 Å². The molecule has 0 spiro atoms. The molecule has 2 heterocycles. The van der Waals surface area contributed by atoms with Crippen molar-refractivity contribution in [1.29, 1.82) is 0 Å². The summed E-state index contributed by atoms with van der Waals surface area (Å²) in [5.74, 6) is 0. The van der Waals surface area contributed by atoms with E-state index in [4.69, 9.17) is 0 Å². The molecule has 1 aliphatic rings. The van der Waals surface area contributed by atoms with E-state index in [0.717, 1.165) is 12.1 Å². The number of aromatic amines is 1. The lowest BCUT2D eigenvalue weighted by Crippen LogP contribution is -2.38. The smallest absolute Gasteiger partial charge is 0.260 e. The highest BCUT2D eigenvalue weighted by Gasteiger charge is 2.34. The third-order valence-electron chi connectivity index (χ3n) is 3.92. The lowest BCUT2D eigenvalue weighted by molar-refractivity contribution is -0.0146. The van der Waals surface area contributed by atoms with Crippen molar-refractivity contribution in [3.05, 3.63) is 28.4 Å². The average molecular weight is 263 g/mol. The van der Waals surface area contributed by atoms with Crippen LogP contribution in [-0.4, -0.2) is 37.0 Å². The van der Waals surface area contributed by atoms with Crippen molar-refractivity contribution in [3.63, 3.8) is 0 Å². The molecular formula is C13H17N3O3. The summed E-state index contributed by atoms with van der Waals surface area (Å²) in [6.07, 6.45) is 2.25. The zero-order valence-corrected chi connectivity index (χ0v) is 10.7. The van der Waals surface area contributed by atoms with Crippen molar-refractivity contribution in [1.82, 2.24) is 14.5 Å². The molecule has 6 heteroatoms. The van der Waals surface area contributed by atoms with E-state index in [9.17, 15) is 15.0 Å². The number of aliphatic hydroxyl groups is 2. The quantitative estimate of drug-likeness (QED) is 0.698. The molecule has 3 rings (SSSR count). The third kappa shape index (κ3) is 1.87. The second kappa shape index (κ2) is 4.47. The van der Waals surface area contributed by atoms with Crippen molar-refractivity contribution >= 4 is 11.0 Å². The molecule has 0 aromatic carbocycles. The molecule has 3 N–H and O–H groups in total. The molecule has 0 bridgehead atoms. The largest absolute Gasteiger partial charge is 0.391 e. The highest BCUT2D eigenvalue weighted by molar-refractivity contribution is 5.76. The number of rotatable bonds is 1. The lowest BCUT2D eigenvalue weighted by Gasteiger charge is -2.34. The standard InChI is InChI=1S/C13H17N3O3/c1-7-5-8-12(14-6-15-13(8)19)16(7)11-9(17)3-2-4-10(11)18/h5-6,9-11,17-18H,2-4H2,1H3,(H,14,15,19)/t9-,10+,11?. The lowest BCUT2D eigenvalue weighted by atomic mass is 9.89. The fraction of sp³-hybridized carbons (Fsp3) is 0.538. The third-order valence-corrected chi connectivity index (χ3v) is 3.92. The van der Waals surface area contributed by atoms with Gasteiger partial charge in [-0.25, -0.2) is 4.98 Å². The summed E-state index contributed by atoms with van der Waals surface area (Å²) in [6.45, 7) is 1.86. The molecule has 1 saturated carbocycles. The number of fused-ring (bicyclic) bond motifs is 1. The van der Waals surface area contributed by atoms with Crippen molar-refractivity contribution < 1.29 is 10.2 Å². The Morgan fingerprint density at radius 3 is 2.74 bits per heavy atom.